The highest BCUT2D eigenvalue weighted by Crippen LogP contribution is 2.30. The second-order valence-corrected chi connectivity index (χ2v) is 5.09. The van der Waals surface area contributed by atoms with E-state index in [1.807, 2.05) is 48.8 Å². The van der Waals surface area contributed by atoms with Crippen LogP contribution < -0.4 is 0 Å². The largest absolute Gasteiger partial charge is 0.298 e. The second-order valence-electron chi connectivity index (χ2n) is 4.06. The van der Waals surface area contributed by atoms with Crippen molar-refractivity contribution in [2.75, 3.05) is 0 Å². The molecule has 1 aromatic carbocycles. The molecule has 0 aliphatic heterocycles. The van der Waals surface area contributed by atoms with E-state index in [0.29, 0.717) is 0 Å². The van der Waals surface area contributed by atoms with Crippen molar-refractivity contribution in [1.29, 1.82) is 0 Å². The predicted molar refractivity (Wildman–Crippen MR) is 73.8 cm³/mol. The van der Waals surface area contributed by atoms with Gasteiger partial charge in [-0.2, -0.15) is 0 Å². The number of para-hydroxylation sites is 1. The van der Waals surface area contributed by atoms with Gasteiger partial charge in [0.15, 0.2) is 0 Å². The van der Waals surface area contributed by atoms with E-state index < -0.39 is 0 Å². The zero-order chi connectivity index (χ0) is 11.9. The van der Waals surface area contributed by atoms with Gasteiger partial charge in [0.25, 0.3) is 0 Å². The lowest BCUT2D eigenvalue weighted by Crippen LogP contribution is -1.85. The Labute approximate surface area is 107 Å². The van der Waals surface area contributed by atoms with Crippen LogP contribution in [-0.2, 0) is 0 Å². The Bertz CT molecular complexity index is 811. The standard InChI is InChI=1S/C14H9N3S/c1-2-6-12-10(5-1)16-14(18-12)11-9-15-13-7-3-4-8-17(11)13/h1-9H. The molecule has 18 heavy (non-hydrogen) atoms. The maximum absolute atomic E-state index is 4.66. The quantitative estimate of drug-likeness (QED) is 0.517. The molecule has 0 fully saturated rings. The molecule has 86 valence electrons. The minimum absolute atomic E-state index is 0.951. The van der Waals surface area contributed by atoms with E-state index in [1.54, 1.807) is 11.3 Å². The summed E-state index contributed by atoms with van der Waals surface area (Å²) in [7, 11) is 0. The van der Waals surface area contributed by atoms with Gasteiger partial charge in [0.2, 0.25) is 0 Å². The van der Waals surface area contributed by atoms with E-state index in [9.17, 15) is 0 Å². The van der Waals surface area contributed by atoms with Crippen LogP contribution in [0.15, 0.2) is 54.9 Å². The first-order valence-corrected chi connectivity index (χ1v) is 6.51. The number of pyridine rings is 1. The van der Waals surface area contributed by atoms with Crippen molar-refractivity contribution in [2.24, 2.45) is 0 Å². The lowest BCUT2D eigenvalue weighted by atomic mass is 10.3. The molecule has 4 aromatic rings. The first-order valence-electron chi connectivity index (χ1n) is 5.70. The monoisotopic (exact) mass is 251 g/mol. The van der Waals surface area contributed by atoms with Crippen molar-refractivity contribution in [3.8, 4) is 10.7 Å². The van der Waals surface area contributed by atoms with Gasteiger partial charge in [0.05, 0.1) is 16.4 Å². The molecule has 3 aromatic heterocycles. The average molecular weight is 251 g/mol. The molecule has 0 bridgehead atoms. The van der Waals surface area contributed by atoms with E-state index >= 15 is 0 Å². The molecule has 0 saturated carbocycles. The molecule has 3 nitrogen and oxygen atoms in total. The summed E-state index contributed by atoms with van der Waals surface area (Å²) in [6, 6.07) is 14.2. The summed E-state index contributed by atoms with van der Waals surface area (Å²) in [5.41, 5.74) is 3.04. The number of nitrogens with zero attached hydrogens (tertiary/aromatic N) is 3. The van der Waals surface area contributed by atoms with Gasteiger partial charge in [-0.1, -0.05) is 18.2 Å². The number of thiazole rings is 1. The zero-order valence-corrected chi connectivity index (χ0v) is 10.3. The van der Waals surface area contributed by atoms with Crippen LogP contribution >= 0.6 is 11.3 Å². The Morgan fingerprint density at radius 1 is 1.00 bits per heavy atom. The number of aromatic nitrogens is 3. The van der Waals surface area contributed by atoms with Gasteiger partial charge in [-0.3, -0.25) is 4.40 Å². The molecule has 0 aliphatic carbocycles. The molecule has 4 heteroatoms. The van der Waals surface area contributed by atoms with E-state index in [2.05, 4.69) is 20.4 Å². The van der Waals surface area contributed by atoms with Crippen molar-refractivity contribution >= 4 is 27.2 Å². The molecule has 0 atom stereocenters. The van der Waals surface area contributed by atoms with Gasteiger partial charge >= 0.3 is 0 Å². The molecule has 0 spiro atoms. The minimum Gasteiger partial charge on any atom is -0.298 e. The Morgan fingerprint density at radius 2 is 1.89 bits per heavy atom. The fourth-order valence-corrected chi connectivity index (χ4v) is 3.05. The summed E-state index contributed by atoms with van der Waals surface area (Å²) in [5.74, 6) is 0. The molecule has 0 amide bonds. The Morgan fingerprint density at radius 3 is 2.83 bits per heavy atom. The fraction of sp³-hybridized carbons (Fsp3) is 0. The first kappa shape index (κ1) is 9.79. The zero-order valence-electron chi connectivity index (χ0n) is 9.45. The number of fused-ring (bicyclic) bond motifs is 2. The highest BCUT2D eigenvalue weighted by Gasteiger charge is 2.10. The van der Waals surface area contributed by atoms with E-state index in [-0.39, 0.29) is 0 Å². The van der Waals surface area contributed by atoms with Crippen LogP contribution in [0, 0.1) is 0 Å². The summed E-state index contributed by atoms with van der Waals surface area (Å²) in [5, 5.41) is 1.01. The maximum atomic E-state index is 4.66. The highest BCUT2D eigenvalue weighted by atomic mass is 32.1. The molecule has 0 saturated heterocycles. The third kappa shape index (κ3) is 1.36. The van der Waals surface area contributed by atoms with Crippen molar-refractivity contribution in [1.82, 2.24) is 14.4 Å². The molecular weight excluding hydrogens is 242 g/mol. The van der Waals surface area contributed by atoms with Crippen LogP contribution in [0.4, 0.5) is 0 Å². The first-order chi connectivity index (χ1) is 8.92. The van der Waals surface area contributed by atoms with Crippen LogP contribution in [-0.4, -0.2) is 14.4 Å². The Hall–Kier alpha value is -2.20. The van der Waals surface area contributed by atoms with Crippen molar-refractivity contribution in [3.63, 3.8) is 0 Å². The van der Waals surface area contributed by atoms with Crippen LogP contribution in [0.3, 0.4) is 0 Å². The average Bonchev–Trinajstić information content (AvgIpc) is 3.02. The Balaban J connectivity index is 2.01. The highest BCUT2D eigenvalue weighted by molar-refractivity contribution is 7.21. The van der Waals surface area contributed by atoms with Crippen LogP contribution in [0.1, 0.15) is 0 Å². The second kappa shape index (κ2) is 3.65. The SMILES string of the molecule is c1ccc2sc(-c3cnc4ccccn34)nc2c1. The van der Waals surface area contributed by atoms with E-state index in [0.717, 1.165) is 21.9 Å². The summed E-state index contributed by atoms with van der Waals surface area (Å²) in [4.78, 5) is 9.06. The number of rotatable bonds is 1. The summed E-state index contributed by atoms with van der Waals surface area (Å²) in [6.45, 7) is 0. The predicted octanol–water partition coefficient (Wildman–Crippen LogP) is 3.61. The minimum atomic E-state index is 0.951. The topological polar surface area (TPSA) is 30.2 Å². The third-order valence-electron chi connectivity index (χ3n) is 2.93. The molecular formula is C14H9N3S. The Kier molecular flexibility index (Phi) is 1.98. The number of hydrogen-bond acceptors (Lipinski definition) is 3. The molecule has 0 radical (unpaired) electrons. The van der Waals surface area contributed by atoms with E-state index in [1.165, 1.54) is 4.70 Å². The molecule has 4 rings (SSSR count). The number of imidazole rings is 1. The lowest BCUT2D eigenvalue weighted by molar-refractivity contribution is 1.18. The summed E-state index contributed by atoms with van der Waals surface area (Å²) in [6.07, 6.45) is 3.90. The normalized spacial score (nSPS) is 11.3. The van der Waals surface area contributed by atoms with Gasteiger partial charge in [0, 0.05) is 6.20 Å². The number of benzene rings is 1. The van der Waals surface area contributed by atoms with Crippen molar-refractivity contribution in [3.05, 3.63) is 54.9 Å². The van der Waals surface area contributed by atoms with Gasteiger partial charge in [-0.15, -0.1) is 11.3 Å². The summed E-state index contributed by atoms with van der Waals surface area (Å²) < 4.78 is 3.27. The molecule has 0 aliphatic rings. The maximum Gasteiger partial charge on any atom is 0.143 e. The van der Waals surface area contributed by atoms with Gasteiger partial charge < -0.3 is 0 Å². The fourth-order valence-electron chi connectivity index (χ4n) is 2.07. The lowest BCUT2D eigenvalue weighted by Gasteiger charge is -1.95. The van der Waals surface area contributed by atoms with Gasteiger partial charge in [-0.05, 0) is 24.3 Å². The van der Waals surface area contributed by atoms with Gasteiger partial charge in [-0.25, -0.2) is 9.97 Å². The third-order valence-corrected chi connectivity index (χ3v) is 3.99. The molecule has 0 N–H and O–H groups in total. The van der Waals surface area contributed by atoms with Crippen LogP contribution in [0.5, 0.6) is 0 Å². The van der Waals surface area contributed by atoms with Crippen molar-refractivity contribution < 1.29 is 0 Å². The van der Waals surface area contributed by atoms with Crippen molar-refractivity contribution in [2.45, 2.75) is 0 Å². The van der Waals surface area contributed by atoms with Crippen LogP contribution in [0.2, 0.25) is 0 Å². The number of hydrogen-bond donors (Lipinski definition) is 0. The molecule has 3 heterocycles. The molecule has 0 unspecified atom stereocenters. The smallest absolute Gasteiger partial charge is 0.143 e. The van der Waals surface area contributed by atoms with Gasteiger partial charge in [0.1, 0.15) is 16.3 Å². The van der Waals surface area contributed by atoms with Crippen LogP contribution in [0.25, 0.3) is 26.6 Å². The summed E-state index contributed by atoms with van der Waals surface area (Å²) >= 11 is 1.70. The van der Waals surface area contributed by atoms with E-state index in [4.69, 9.17) is 0 Å².